The second-order valence-corrected chi connectivity index (χ2v) is 11.4. The molecule has 0 amide bonds. The van der Waals surface area contributed by atoms with Gasteiger partial charge in [-0.15, -0.1) is 0 Å². The topological polar surface area (TPSA) is 78.9 Å². The number of rotatable bonds is 3. The van der Waals surface area contributed by atoms with Crippen molar-refractivity contribution in [2.24, 2.45) is 34.5 Å². The largest absolute Gasteiger partial charge is 0.463 e. The molecule has 4 aliphatic rings. The molecular formula is C27H40O6. The van der Waals surface area contributed by atoms with Crippen LogP contribution in [0.15, 0.2) is 11.3 Å². The van der Waals surface area contributed by atoms with Gasteiger partial charge >= 0.3 is 17.9 Å². The van der Waals surface area contributed by atoms with Gasteiger partial charge in [0.2, 0.25) is 0 Å². The summed E-state index contributed by atoms with van der Waals surface area (Å²) in [5.41, 5.74) is 1.01. The van der Waals surface area contributed by atoms with Gasteiger partial charge in [0, 0.05) is 26.2 Å². The van der Waals surface area contributed by atoms with Gasteiger partial charge in [-0.2, -0.15) is 0 Å². The second kappa shape index (κ2) is 8.74. The van der Waals surface area contributed by atoms with Gasteiger partial charge in [0.1, 0.15) is 18.0 Å². The first kappa shape index (κ1) is 24.3. The lowest BCUT2D eigenvalue weighted by Gasteiger charge is -2.62. The zero-order valence-electron chi connectivity index (χ0n) is 21.1. The molecule has 4 aliphatic carbocycles. The van der Waals surface area contributed by atoms with Gasteiger partial charge in [-0.05, 0) is 93.0 Å². The maximum Gasteiger partial charge on any atom is 0.307 e. The summed E-state index contributed by atoms with van der Waals surface area (Å²) in [4.78, 5) is 35.4. The summed E-state index contributed by atoms with van der Waals surface area (Å²) in [6, 6.07) is 0. The van der Waals surface area contributed by atoms with Crippen LogP contribution in [0.5, 0.6) is 0 Å². The fraction of sp³-hybridized carbons (Fsp3) is 0.815. The van der Waals surface area contributed by atoms with Crippen LogP contribution in [-0.2, 0) is 28.6 Å². The molecule has 8 atom stereocenters. The van der Waals surface area contributed by atoms with E-state index in [1.807, 2.05) is 6.92 Å². The van der Waals surface area contributed by atoms with Crippen LogP contribution < -0.4 is 0 Å². The Bertz CT molecular complexity index is 861. The number of allylic oxidation sites excluding steroid dienone is 1. The molecule has 4 saturated carbocycles. The van der Waals surface area contributed by atoms with Crippen molar-refractivity contribution >= 4 is 17.9 Å². The van der Waals surface area contributed by atoms with Crippen molar-refractivity contribution in [3.05, 3.63) is 11.3 Å². The first-order chi connectivity index (χ1) is 15.5. The monoisotopic (exact) mass is 460 g/mol. The minimum absolute atomic E-state index is 0.0302. The molecule has 33 heavy (non-hydrogen) atoms. The zero-order valence-corrected chi connectivity index (χ0v) is 21.1. The molecule has 0 heterocycles. The highest BCUT2D eigenvalue weighted by atomic mass is 16.5. The number of carbonyl (C=O) groups is 3. The van der Waals surface area contributed by atoms with Crippen molar-refractivity contribution in [2.45, 2.75) is 105 Å². The third-order valence-corrected chi connectivity index (χ3v) is 9.84. The Morgan fingerprint density at radius 1 is 0.818 bits per heavy atom. The number of hydrogen-bond acceptors (Lipinski definition) is 6. The van der Waals surface area contributed by atoms with E-state index in [1.54, 1.807) is 0 Å². The molecule has 0 aromatic rings. The van der Waals surface area contributed by atoms with E-state index in [2.05, 4.69) is 13.8 Å². The highest BCUT2D eigenvalue weighted by molar-refractivity contribution is 5.68. The molecule has 0 spiro atoms. The predicted molar refractivity (Wildman–Crippen MR) is 123 cm³/mol. The number of carbonyl (C=O) groups excluding carboxylic acids is 3. The average Bonchev–Trinajstić information content (AvgIpc) is 3.06. The van der Waals surface area contributed by atoms with E-state index >= 15 is 0 Å². The number of fused-ring (bicyclic) bond motifs is 5. The molecule has 0 aliphatic heterocycles. The van der Waals surface area contributed by atoms with Crippen molar-refractivity contribution in [3.8, 4) is 0 Å². The van der Waals surface area contributed by atoms with Crippen LogP contribution in [0.4, 0.5) is 0 Å². The summed E-state index contributed by atoms with van der Waals surface area (Å²) < 4.78 is 17.2. The van der Waals surface area contributed by atoms with E-state index in [1.165, 1.54) is 20.8 Å². The van der Waals surface area contributed by atoms with E-state index in [4.69, 9.17) is 14.2 Å². The van der Waals surface area contributed by atoms with Gasteiger partial charge in [-0.1, -0.05) is 13.8 Å². The molecule has 0 aromatic heterocycles. The molecule has 0 N–H and O–H groups in total. The molecule has 4 fully saturated rings. The van der Waals surface area contributed by atoms with Crippen LogP contribution in [0, 0.1) is 34.5 Å². The Morgan fingerprint density at radius 2 is 1.52 bits per heavy atom. The molecule has 0 aromatic carbocycles. The lowest BCUT2D eigenvalue weighted by molar-refractivity contribution is -0.184. The average molecular weight is 461 g/mol. The van der Waals surface area contributed by atoms with E-state index in [0.29, 0.717) is 29.4 Å². The summed E-state index contributed by atoms with van der Waals surface area (Å²) in [6.07, 6.45) is 7.79. The van der Waals surface area contributed by atoms with Crippen molar-refractivity contribution in [1.29, 1.82) is 0 Å². The smallest absolute Gasteiger partial charge is 0.307 e. The number of esters is 3. The Balaban J connectivity index is 1.67. The Hall–Kier alpha value is -1.85. The lowest BCUT2D eigenvalue weighted by atomic mass is 9.44. The van der Waals surface area contributed by atoms with E-state index in [9.17, 15) is 14.4 Å². The fourth-order valence-electron chi connectivity index (χ4n) is 8.53. The molecule has 4 rings (SSSR count). The van der Waals surface area contributed by atoms with Crippen LogP contribution in [0.1, 0.15) is 92.9 Å². The van der Waals surface area contributed by atoms with E-state index in [0.717, 1.165) is 56.9 Å². The van der Waals surface area contributed by atoms with Crippen molar-refractivity contribution in [3.63, 3.8) is 0 Å². The maximum absolute atomic E-state index is 12.2. The van der Waals surface area contributed by atoms with Crippen LogP contribution in [-0.4, -0.2) is 30.1 Å². The first-order valence-electron chi connectivity index (χ1n) is 12.7. The third kappa shape index (κ3) is 4.12. The van der Waals surface area contributed by atoms with E-state index in [-0.39, 0.29) is 40.9 Å². The van der Waals surface area contributed by atoms with Crippen LogP contribution in [0.2, 0.25) is 0 Å². The van der Waals surface area contributed by atoms with Crippen LogP contribution in [0.3, 0.4) is 0 Å². The fourth-order valence-corrected chi connectivity index (χ4v) is 8.53. The second-order valence-electron chi connectivity index (χ2n) is 11.4. The quantitative estimate of drug-likeness (QED) is 0.321. The molecular weight excluding hydrogens is 420 g/mol. The highest BCUT2D eigenvalue weighted by Gasteiger charge is 2.63. The molecule has 0 unspecified atom stereocenters. The van der Waals surface area contributed by atoms with Crippen LogP contribution >= 0.6 is 0 Å². The Kier molecular flexibility index (Phi) is 6.43. The van der Waals surface area contributed by atoms with Crippen molar-refractivity contribution in [1.82, 2.24) is 0 Å². The standard InChI is InChI=1S/C27H40O6/c1-15(31-16(2)28)22-9-10-23-21-8-7-19-13-20(32-17(3)29)11-12-26(19,5)24(21)14-25(27(22,23)6)33-18(4)30/h19-21,23-25H,7-14H2,1-6H3/b22-15+/t19-,20-,21+,23-,24-,25+,26+,27-/m1/s1. The predicted octanol–water partition coefficient (Wildman–Crippen LogP) is 5.34. The zero-order chi connectivity index (χ0) is 24.1. The molecule has 0 saturated heterocycles. The van der Waals surface area contributed by atoms with Gasteiger partial charge in [-0.25, -0.2) is 0 Å². The summed E-state index contributed by atoms with van der Waals surface area (Å²) in [6.45, 7) is 11.0. The minimum Gasteiger partial charge on any atom is -0.463 e. The van der Waals surface area contributed by atoms with Gasteiger partial charge in [0.15, 0.2) is 0 Å². The van der Waals surface area contributed by atoms with Gasteiger partial charge in [0.25, 0.3) is 0 Å². The maximum atomic E-state index is 12.2. The van der Waals surface area contributed by atoms with Gasteiger partial charge in [-0.3, -0.25) is 14.4 Å². The number of ether oxygens (including phenoxy) is 3. The SMILES string of the molecule is CC(=O)O/C(C)=C1\CC[C@@H]2[C@@H]3CC[C@@H]4C[C@H](OC(C)=O)CC[C@]4(C)[C@@H]3C[C@H](OC(C)=O)[C@]12C. The van der Waals surface area contributed by atoms with Gasteiger partial charge < -0.3 is 14.2 Å². The molecule has 6 nitrogen and oxygen atoms in total. The van der Waals surface area contributed by atoms with Crippen molar-refractivity contribution < 1.29 is 28.6 Å². The molecule has 0 radical (unpaired) electrons. The third-order valence-electron chi connectivity index (χ3n) is 9.84. The molecule has 6 heteroatoms. The Morgan fingerprint density at radius 3 is 2.15 bits per heavy atom. The van der Waals surface area contributed by atoms with Crippen molar-refractivity contribution in [2.75, 3.05) is 0 Å². The lowest BCUT2D eigenvalue weighted by Crippen LogP contribution is -2.58. The summed E-state index contributed by atoms with van der Waals surface area (Å²) >= 11 is 0. The summed E-state index contributed by atoms with van der Waals surface area (Å²) in [5.74, 6) is 1.93. The Labute approximate surface area is 197 Å². The highest BCUT2D eigenvalue weighted by Crippen LogP contribution is 2.68. The minimum atomic E-state index is -0.303. The molecule has 184 valence electrons. The number of hydrogen-bond donors (Lipinski definition) is 0. The summed E-state index contributed by atoms with van der Waals surface area (Å²) in [7, 11) is 0. The van der Waals surface area contributed by atoms with Gasteiger partial charge in [0.05, 0.1) is 0 Å². The normalized spacial score (nSPS) is 43.5. The van der Waals surface area contributed by atoms with Crippen LogP contribution in [0.25, 0.3) is 0 Å². The first-order valence-corrected chi connectivity index (χ1v) is 12.7. The molecule has 0 bridgehead atoms. The van der Waals surface area contributed by atoms with E-state index < -0.39 is 0 Å². The summed E-state index contributed by atoms with van der Waals surface area (Å²) in [5, 5.41) is 0.